The van der Waals surface area contributed by atoms with Crippen molar-refractivity contribution in [2.45, 2.75) is 13.3 Å². The molecule has 0 heterocycles. The second-order valence-corrected chi connectivity index (χ2v) is 4.92. The lowest BCUT2D eigenvalue weighted by Gasteiger charge is -2.03. The summed E-state index contributed by atoms with van der Waals surface area (Å²) in [5.74, 6) is 1.48. The molecule has 0 atom stereocenters. The van der Waals surface area contributed by atoms with E-state index in [9.17, 15) is 9.59 Å². The summed E-state index contributed by atoms with van der Waals surface area (Å²) in [6.07, 6.45) is 5.45. The standard InChI is InChI=1S/C14H16O3S/c1-11(16)18-8-4-3-5-12-9-14(17-2)7-6-13(12)10-15/h3,5-7,9-10H,4,8H2,1-2H3. The number of methoxy groups -OCH3 is 1. The van der Waals surface area contributed by atoms with Crippen molar-refractivity contribution in [3.8, 4) is 5.75 Å². The Balaban J connectivity index is 2.66. The van der Waals surface area contributed by atoms with Gasteiger partial charge in [-0.2, -0.15) is 0 Å². The fourth-order valence-corrected chi connectivity index (χ4v) is 1.95. The van der Waals surface area contributed by atoms with Gasteiger partial charge in [-0.3, -0.25) is 9.59 Å². The molecule has 0 aliphatic heterocycles. The molecule has 0 bridgehead atoms. The van der Waals surface area contributed by atoms with E-state index in [-0.39, 0.29) is 5.12 Å². The van der Waals surface area contributed by atoms with Crippen molar-refractivity contribution in [3.63, 3.8) is 0 Å². The first-order valence-corrected chi connectivity index (χ1v) is 6.59. The Kier molecular flexibility index (Phi) is 6.22. The molecule has 0 aromatic heterocycles. The maximum absolute atomic E-state index is 10.9. The molecule has 18 heavy (non-hydrogen) atoms. The van der Waals surface area contributed by atoms with Crippen LogP contribution in [0, 0.1) is 0 Å². The molecule has 0 saturated heterocycles. The van der Waals surface area contributed by atoms with Gasteiger partial charge in [-0.25, -0.2) is 0 Å². The first kappa shape index (κ1) is 14.5. The Labute approximate surface area is 111 Å². The zero-order valence-electron chi connectivity index (χ0n) is 10.5. The Morgan fingerprint density at radius 3 is 2.78 bits per heavy atom. The van der Waals surface area contributed by atoms with E-state index < -0.39 is 0 Å². The zero-order chi connectivity index (χ0) is 13.4. The lowest BCUT2D eigenvalue weighted by molar-refractivity contribution is -0.109. The molecular weight excluding hydrogens is 248 g/mol. The van der Waals surface area contributed by atoms with Gasteiger partial charge in [-0.15, -0.1) is 0 Å². The number of carbonyl (C=O) groups is 2. The molecule has 0 amide bonds. The minimum Gasteiger partial charge on any atom is -0.497 e. The van der Waals surface area contributed by atoms with Gasteiger partial charge >= 0.3 is 0 Å². The van der Waals surface area contributed by atoms with Crippen molar-refractivity contribution in [1.82, 2.24) is 0 Å². The fraction of sp³-hybridized carbons (Fsp3) is 0.286. The third-order valence-corrected chi connectivity index (χ3v) is 3.15. The van der Waals surface area contributed by atoms with Gasteiger partial charge < -0.3 is 4.74 Å². The van der Waals surface area contributed by atoms with Crippen LogP contribution in [0.2, 0.25) is 0 Å². The molecule has 0 aliphatic carbocycles. The van der Waals surface area contributed by atoms with E-state index >= 15 is 0 Å². The Morgan fingerprint density at radius 1 is 1.39 bits per heavy atom. The molecule has 1 rings (SSSR count). The van der Waals surface area contributed by atoms with E-state index in [4.69, 9.17) is 4.74 Å². The maximum atomic E-state index is 10.9. The highest BCUT2D eigenvalue weighted by Crippen LogP contribution is 2.18. The van der Waals surface area contributed by atoms with E-state index in [1.807, 2.05) is 18.2 Å². The van der Waals surface area contributed by atoms with Gasteiger partial charge in [0.25, 0.3) is 0 Å². The lowest BCUT2D eigenvalue weighted by atomic mass is 10.1. The summed E-state index contributed by atoms with van der Waals surface area (Å²) in [4.78, 5) is 21.6. The predicted octanol–water partition coefficient (Wildman–Crippen LogP) is 3.19. The van der Waals surface area contributed by atoms with E-state index in [0.717, 1.165) is 29.8 Å². The molecule has 96 valence electrons. The second-order valence-electron chi connectivity index (χ2n) is 3.64. The number of thioether (sulfide) groups is 1. The fourth-order valence-electron chi connectivity index (χ4n) is 1.41. The number of ether oxygens (including phenoxy) is 1. The molecule has 0 saturated carbocycles. The third kappa shape index (κ3) is 4.75. The van der Waals surface area contributed by atoms with Gasteiger partial charge in [0.1, 0.15) is 5.75 Å². The number of hydrogen-bond donors (Lipinski definition) is 0. The number of hydrogen-bond acceptors (Lipinski definition) is 4. The summed E-state index contributed by atoms with van der Waals surface area (Å²) in [7, 11) is 1.59. The minimum absolute atomic E-state index is 0.123. The molecular formula is C14H16O3S. The van der Waals surface area contributed by atoms with Crippen LogP contribution in [0.3, 0.4) is 0 Å². The van der Waals surface area contributed by atoms with Crippen molar-refractivity contribution in [2.24, 2.45) is 0 Å². The normalized spacial score (nSPS) is 10.6. The molecule has 0 unspecified atom stereocenters. The Hall–Kier alpha value is -1.55. The van der Waals surface area contributed by atoms with Gasteiger partial charge in [0.2, 0.25) is 0 Å². The minimum atomic E-state index is 0.123. The van der Waals surface area contributed by atoms with Crippen LogP contribution in [0.1, 0.15) is 29.3 Å². The van der Waals surface area contributed by atoms with Gasteiger partial charge in [-0.1, -0.05) is 23.9 Å². The van der Waals surface area contributed by atoms with Gasteiger partial charge in [0, 0.05) is 18.2 Å². The van der Waals surface area contributed by atoms with Crippen LogP contribution < -0.4 is 4.74 Å². The van der Waals surface area contributed by atoms with Crippen LogP contribution in [0.15, 0.2) is 24.3 Å². The SMILES string of the molecule is COc1ccc(C=O)c(C=CCCSC(C)=O)c1. The van der Waals surface area contributed by atoms with Crippen LogP contribution in [0.25, 0.3) is 6.08 Å². The Morgan fingerprint density at radius 2 is 2.17 bits per heavy atom. The lowest BCUT2D eigenvalue weighted by Crippen LogP contribution is -1.89. The largest absolute Gasteiger partial charge is 0.497 e. The highest BCUT2D eigenvalue weighted by atomic mass is 32.2. The third-order valence-electron chi connectivity index (χ3n) is 2.31. The number of rotatable bonds is 6. The molecule has 1 aromatic carbocycles. The smallest absolute Gasteiger partial charge is 0.185 e. The van der Waals surface area contributed by atoms with E-state index in [1.54, 1.807) is 26.2 Å². The average molecular weight is 264 g/mol. The van der Waals surface area contributed by atoms with Gasteiger partial charge in [0.15, 0.2) is 11.4 Å². The molecule has 4 heteroatoms. The number of allylic oxidation sites excluding steroid dienone is 1. The van der Waals surface area contributed by atoms with Crippen molar-refractivity contribution < 1.29 is 14.3 Å². The summed E-state index contributed by atoms with van der Waals surface area (Å²) in [6, 6.07) is 5.31. The van der Waals surface area contributed by atoms with Crippen LogP contribution in [-0.4, -0.2) is 24.3 Å². The summed E-state index contributed by atoms with van der Waals surface area (Å²) in [6.45, 7) is 1.56. The van der Waals surface area contributed by atoms with E-state index in [2.05, 4.69) is 0 Å². The number of aldehydes is 1. The van der Waals surface area contributed by atoms with E-state index in [1.165, 1.54) is 11.8 Å². The summed E-state index contributed by atoms with van der Waals surface area (Å²) in [5, 5.41) is 0.123. The van der Waals surface area contributed by atoms with Crippen molar-refractivity contribution >= 4 is 29.2 Å². The molecule has 0 radical (unpaired) electrons. The summed E-state index contributed by atoms with van der Waals surface area (Å²) < 4.78 is 5.11. The molecule has 0 N–H and O–H groups in total. The number of benzene rings is 1. The van der Waals surface area contributed by atoms with Gasteiger partial charge in [-0.05, 0) is 30.2 Å². The molecule has 1 aromatic rings. The van der Waals surface area contributed by atoms with Crippen molar-refractivity contribution in [1.29, 1.82) is 0 Å². The molecule has 0 spiro atoms. The topological polar surface area (TPSA) is 43.4 Å². The summed E-state index contributed by atoms with van der Waals surface area (Å²) >= 11 is 1.30. The number of carbonyl (C=O) groups excluding carboxylic acids is 2. The first-order chi connectivity index (χ1) is 8.67. The quantitative estimate of drug-likeness (QED) is 0.584. The molecule has 0 fully saturated rings. The first-order valence-electron chi connectivity index (χ1n) is 5.60. The predicted molar refractivity (Wildman–Crippen MR) is 75.2 cm³/mol. The van der Waals surface area contributed by atoms with Crippen LogP contribution in [0.5, 0.6) is 5.75 Å². The highest BCUT2D eigenvalue weighted by molar-refractivity contribution is 8.13. The maximum Gasteiger partial charge on any atom is 0.185 e. The van der Waals surface area contributed by atoms with Crippen LogP contribution >= 0.6 is 11.8 Å². The Bertz CT molecular complexity index is 452. The van der Waals surface area contributed by atoms with Crippen LogP contribution in [-0.2, 0) is 4.79 Å². The van der Waals surface area contributed by atoms with Crippen LogP contribution in [0.4, 0.5) is 0 Å². The monoisotopic (exact) mass is 264 g/mol. The summed E-state index contributed by atoms with van der Waals surface area (Å²) in [5.41, 5.74) is 1.46. The van der Waals surface area contributed by atoms with Crippen molar-refractivity contribution in [3.05, 3.63) is 35.4 Å². The second kappa shape index (κ2) is 7.71. The molecule has 0 aliphatic rings. The zero-order valence-corrected chi connectivity index (χ0v) is 11.3. The average Bonchev–Trinajstić information content (AvgIpc) is 2.37. The van der Waals surface area contributed by atoms with E-state index in [0.29, 0.717) is 5.56 Å². The molecule has 3 nitrogen and oxygen atoms in total. The van der Waals surface area contributed by atoms with Crippen molar-refractivity contribution in [2.75, 3.05) is 12.9 Å². The highest BCUT2D eigenvalue weighted by Gasteiger charge is 2.00. The van der Waals surface area contributed by atoms with Gasteiger partial charge in [0.05, 0.1) is 7.11 Å².